The maximum atomic E-state index is 13.6. The minimum absolute atomic E-state index is 0.0437. The molecule has 7 heteroatoms. The van der Waals surface area contributed by atoms with Gasteiger partial charge in [-0.15, -0.1) is 0 Å². The summed E-state index contributed by atoms with van der Waals surface area (Å²) >= 11 is 0. The van der Waals surface area contributed by atoms with Crippen molar-refractivity contribution in [2.45, 2.75) is 32.0 Å². The number of fused-ring (bicyclic) bond motifs is 3. The molecule has 1 saturated heterocycles. The van der Waals surface area contributed by atoms with Crippen molar-refractivity contribution in [3.05, 3.63) is 58.3 Å². The van der Waals surface area contributed by atoms with Gasteiger partial charge in [0.05, 0.1) is 12.1 Å². The molecule has 0 unspecified atom stereocenters. The molecule has 1 aromatic heterocycles. The van der Waals surface area contributed by atoms with Gasteiger partial charge < -0.3 is 15.0 Å². The van der Waals surface area contributed by atoms with E-state index in [1.54, 1.807) is 22.8 Å². The Kier molecular flexibility index (Phi) is 5.03. The molecule has 1 aromatic carbocycles. The molecular weight excluding hydrogens is 361 g/mol. The molecular formula is C21H24FN3O3. The second-order valence-corrected chi connectivity index (χ2v) is 7.52. The van der Waals surface area contributed by atoms with E-state index in [4.69, 9.17) is 0 Å². The van der Waals surface area contributed by atoms with Crippen molar-refractivity contribution >= 4 is 5.91 Å². The third kappa shape index (κ3) is 3.04. The zero-order chi connectivity index (χ0) is 19.8. The van der Waals surface area contributed by atoms with Crippen LogP contribution in [0.5, 0.6) is 0 Å². The van der Waals surface area contributed by atoms with Crippen LogP contribution >= 0.6 is 0 Å². The van der Waals surface area contributed by atoms with Crippen LogP contribution in [0.1, 0.15) is 25.1 Å². The van der Waals surface area contributed by atoms with Crippen molar-refractivity contribution in [2.75, 3.05) is 13.2 Å². The number of aliphatic hydroxyl groups is 1. The number of hydrogen-bond acceptors (Lipinski definition) is 4. The Hall–Kier alpha value is -2.51. The summed E-state index contributed by atoms with van der Waals surface area (Å²) in [4.78, 5) is 25.5. The first kappa shape index (κ1) is 18.8. The van der Waals surface area contributed by atoms with E-state index in [0.717, 1.165) is 12.1 Å². The number of hydrogen-bond donors (Lipinski definition) is 3. The Morgan fingerprint density at radius 1 is 1.36 bits per heavy atom. The van der Waals surface area contributed by atoms with Crippen molar-refractivity contribution in [1.29, 1.82) is 0 Å². The zero-order valence-corrected chi connectivity index (χ0v) is 15.7. The Morgan fingerprint density at radius 2 is 2.18 bits per heavy atom. The van der Waals surface area contributed by atoms with Crippen molar-refractivity contribution in [3.63, 3.8) is 0 Å². The van der Waals surface area contributed by atoms with Crippen LogP contribution in [0, 0.1) is 17.7 Å². The number of nitrogens with one attached hydrogen (secondary N) is 2. The molecule has 4 atom stereocenters. The lowest BCUT2D eigenvalue weighted by Gasteiger charge is -2.21. The van der Waals surface area contributed by atoms with Gasteiger partial charge in [0.25, 0.3) is 5.56 Å². The zero-order valence-electron chi connectivity index (χ0n) is 15.7. The number of nitrogens with zero attached hydrogens (tertiary/aromatic N) is 1. The van der Waals surface area contributed by atoms with Crippen LogP contribution in [-0.4, -0.2) is 34.8 Å². The molecule has 148 valence electrons. The van der Waals surface area contributed by atoms with Crippen LogP contribution in [0.2, 0.25) is 0 Å². The highest BCUT2D eigenvalue weighted by Crippen LogP contribution is 2.42. The van der Waals surface area contributed by atoms with E-state index in [0.29, 0.717) is 24.2 Å². The summed E-state index contributed by atoms with van der Waals surface area (Å²) in [5.41, 5.74) is 1.62. The average molecular weight is 385 g/mol. The lowest BCUT2D eigenvalue weighted by molar-refractivity contribution is -0.124. The number of pyridine rings is 1. The number of rotatable bonds is 5. The first-order valence-electron chi connectivity index (χ1n) is 9.69. The highest BCUT2D eigenvalue weighted by molar-refractivity contribution is 5.82. The van der Waals surface area contributed by atoms with Crippen LogP contribution in [0.25, 0.3) is 11.1 Å². The van der Waals surface area contributed by atoms with E-state index in [2.05, 4.69) is 10.6 Å². The second kappa shape index (κ2) is 7.48. The van der Waals surface area contributed by atoms with Crippen molar-refractivity contribution in [1.82, 2.24) is 15.2 Å². The smallest absolute Gasteiger partial charge is 0.258 e. The highest BCUT2D eigenvalue weighted by atomic mass is 19.1. The molecule has 28 heavy (non-hydrogen) atoms. The van der Waals surface area contributed by atoms with Crippen LogP contribution in [0.3, 0.4) is 0 Å². The normalized spacial score (nSPS) is 25.4. The molecule has 2 aromatic rings. The fourth-order valence-corrected chi connectivity index (χ4v) is 4.49. The van der Waals surface area contributed by atoms with Gasteiger partial charge in [-0.2, -0.15) is 0 Å². The van der Waals surface area contributed by atoms with Crippen molar-refractivity contribution in [3.8, 4) is 11.1 Å². The van der Waals surface area contributed by atoms with E-state index in [-0.39, 0.29) is 41.8 Å². The van der Waals surface area contributed by atoms with Gasteiger partial charge >= 0.3 is 0 Å². The minimum atomic E-state index is -0.474. The van der Waals surface area contributed by atoms with Gasteiger partial charge in [-0.05, 0) is 36.2 Å². The quantitative estimate of drug-likeness (QED) is 0.727. The van der Waals surface area contributed by atoms with E-state index in [1.165, 1.54) is 12.1 Å². The molecule has 3 heterocycles. The molecule has 2 aliphatic rings. The molecule has 6 nitrogen and oxygen atoms in total. The Labute approximate surface area is 162 Å². The van der Waals surface area contributed by atoms with Gasteiger partial charge in [0, 0.05) is 42.8 Å². The standard InChI is InChI=1S/C21H24FN3O3/c1-2-8-23-20(27)19-16(11-26)15-10-25-17(18(15)24-19)7-6-14(21(25)28)12-4-3-5-13(22)9-12/h3-7,9,15-16,18-19,24,26H,2,8,10-11H2,1H3,(H,23,27)/t15-,16-,18+,19-/m1/s1. The molecule has 0 radical (unpaired) electrons. The summed E-state index contributed by atoms with van der Waals surface area (Å²) in [6, 6.07) is 8.93. The van der Waals surface area contributed by atoms with Gasteiger partial charge in [-0.25, -0.2) is 4.39 Å². The van der Waals surface area contributed by atoms with Crippen LogP contribution < -0.4 is 16.2 Å². The van der Waals surface area contributed by atoms with Gasteiger partial charge in [-0.3, -0.25) is 14.9 Å². The van der Waals surface area contributed by atoms with Gasteiger partial charge in [-0.1, -0.05) is 19.1 Å². The summed E-state index contributed by atoms with van der Waals surface area (Å²) in [6.45, 7) is 2.88. The molecule has 0 spiro atoms. The summed E-state index contributed by atoms with van der Waals surface area (Å²) in [5, 5.41) is 16.1. The third-order valence-electron chi connectivity index (χ3n) is 5.86. The fourth-order valence-electron chi connectivity index (χ4n) is 4.49. The van der Waals surface area contributed by atoms with Crippen LogP contribution in [-0.2, 0) is 11.3 Å². The van der Waals surface area contributed by atoms with Gasteiger partial charge in [0.15, 0.2) is 0 Å². The maximum absolute atomic E-state index is 13.6. The molecule has 0 saturated carbocycles. The molecule has 1 fully saturated rings. The number of halogens is 1. The van der Waals surface area contributed by atoms with Crippen LogP contribution in [0.15, 0.2) is 41.2 Å². The minimum Gasteiger partial charge on any atom is -0.396 e. The molecule has 1 amide bonds. The monoisotopic (exact) mass is 385 g/mol. The highest BCUT2D eigenvalue weighted by Gasteiger charge is 2.50. The third-order valence-corrected chi connectivity index (χ3v) is 5.86. The summed E-state index contributed by atoms with van der Waals surface area (Å²) < 4.78 is 15.3. The first-order chi connectivity index (χ1) is 13.5. The topological polar surface area (TPSA) is 83.4 Å². The Balaban J connectivity index is 1.65. The number of amides is 1. The molecule has 3 N–H and O–H groups in total. The van der Waals surface area contributed by atoms with Crippen LogP contribution in [0.4, 0.5) is 4.39 Å². The number of carbonyl (C=O) groups is 1. The number of benzene rings is 1. The summed E-state index contributed by atoms with van der Waals surface area (Å²) in [7, 11) is 0. The molecule has 2 aliphatic heterocycles. The molecule has 4 rings (SSSR count). The Bertz CT molecular complexity index is 958. The number of aliphatic hydroxyl groups excluding tert-OH is 1. The largest absolute Gasteiger partial charge is 0.396 e. The van der Waals surface area contributed by atoms with E-state index in [1.807, 2.05) is 13.0 Å². The SMILES string of the molecule is CCCNC(=O)[C@@H]1N[C@@H]2c3ccc(-c4cccc(F)c4)c(=O)n3C[C@@H]2[C@H]1CO. The lowest BCUT2D eigenvalue weighted by atomic mass is 9.88. The number of carbonyl (C=O) groups excluding carboxylic acids is 1. The van der Waals surface area contributed by atoms with Gasteiger partial charge in [0.1, 0.15) is 5.82 Å². The predicted molar refractivity (Wildman–Crippen MR) is 103 cm³/mol. The fraction of sp³-hybridized carbons (Fsp3) is 0.429. The lowest BCUT2D eigenvalue weighted by Crippen LogP contribution is -2.46. The van der Waals surface area contributed by atoms with Gasteiger partial charge in [0.2, 0.25) is 5.91 Å². The van der Waals surface area contributed by atoms with E-state index < -0.39 is 6.04 Å². The predicted octanol–water partition coefficient (Wildman–Crippen LogP) is 1.43. The van der Waals surface area contributed by atoms with E-state index >= 15 is 0 Å². The molecule has 0 aliphatic carbocycles. The summed E-state index contributed by atoms with van der Waals surface area (Å²) in [5.74, 6) is -0.806. The number of aromatic nitrogens is 1. The second-order valence-electron chi connectivity index (χ2n) is 7.52. The average Bonchev–Trinajstić information content (AvgIpc) is 3.23. The van der Waals surface area contributed by atoms with E-state index in [9.17, 15) is 19.1 Å². The maximum Gasteiger partial charge on any atom is 0.258 e. The van der Waals surface area contributed by atoms with Crippen molar-refractivity contribution < 1.29 is 14.3 Å². The molecule has 0 bridgehead atoms. The summed E-state index contributed by atoms with van der Waals surface area (Å²) in [6.07, 6.45) is 0.843. The van der Waals surface area contributed by atoms with Crippen molar-refractivity contribution in [2.24, 2.45) is 11.8 Å². The Morgan fingerprint density at radius 3 is 2.89 bits per heavy atom. The first-order valence-corrected chi connectivity index (χ1v) is 9.69.